The number of hydrogen-bond acceptors (Lipinski definition) is 6. The minimum atomic E-state index is 0.305. The lowest BCUT2D eigenvalue weighted by Crippen LogP contribution is -2.17. The minimum Gasteiger partial charge on any atom is -0.411 e. The van der Waals surface area contributed by atoms with E-state index < -0.39 is 0 Å². The molecular weight excluding hydrogens is 348 g/mol. The molecule has 0 atom stereocenters. The van der Waals surface area contributed by atoms with Crippen molar-refractivity contribution >= 4 is 43.3 Å². The molecule has 0 radical (unpaired) electrons. The number of oxime groups is 2. The molecule has 0 spiro atoms. The molecule has 0 aromatic carbocycles. The number of rotatable bonds is 3. The average molecular weight is 362 g/mol. The second kappa shape index (κ2) is 11.3. The summed E-state index contributed by atoms with van der Waals surface area (Å²) in [4.78, 5) is 0. The van der Waals surface area contributed by atoms with E-state index in [0.717, 1.165) is 26.4 Å². The van der Waals surface area contributed by atoms with Gasteiger partial charge in [-0.05, 0) is 0 Å². The first-order valence-corrected chi connectivity index (χ1v) is 6.74. The molecule has 0 aromatic heterocycles. The SMILES string of the molecule is C1COCCO1.O/N=C(CBr)\C(CBr)=N/O. The number of halogens is 2. The quantitative estimate of drug-likeness (QED) is 0.345. The van der Waals surface area contributed by atoms with E-state index in [-0.39, 0.29) is 0 Å². The molecule has 1 rings (SSSR count). The third-order valence-corrected chi connectivity index (χ3v) is 2.63. The molecule has 1 aliphatic heterocycles. The summed E-state index contributed by atoms with van der Waals surface area (Å²) in [5.41, 5.74) is 0.610. The fourth-order valence-corrected chi connectivity index (χ4v) is 1.63. The Hall–Kier alpha value is -0.180. The van der Waals surface area contributed by atoms with Gasteiger partial charge < -0.3 is 19.9 Å². The molecule has 1 saturated heterocycles. The monoisotopic (exact) mass is 360 g/mol. The van der Waals surface area contributed by atoms with Crippen molar-refractivity contribution in [2.45, 2.75) is 0 Å². The minimum absolute atomic E-state index is 0.305. The molecule has 2 N–H and O–H groups in total. The van der Waals surface area contributed by atoms with Gasteiger partial charge in [0.25, 0.3) is 0 Å². The predicted molar refractivity (Wildman–Crippen MR) is 67.7 cm³/mol. The van der Waals surface area contributed by atoms with Crippen LogP contribution in [0.1, 0.15) is 0 Å². The maximum atomic E-state index is 8.30. The van der Waals surface area contributed by atoms with Gasteiger partial charge in [-0.3, -0.25) is 0 Å². The van der Waals surface area contributed by atoms with Crippen LogP contribution in [0.2, 0.25) is 0 Å². The van der Waals surface area contributed by atoms with E-state index in [0.29, 0.717) is 22.1 Å². The van der Waals surface area contributed by atoms with Crippen molar-refractivity contribution in [3.05, 3.63) is 0 Å². The Labute approximate surface area is 111 Å². The topological polar surface area (TPSA) is 83.6 Å². The summed E-state index contributed by atoms with van der Waals surface area (Å²) in [6.07, 6.45) is 0. The zero-order valence-electron chi connectivity index (χ0n) is 8.60. The van der Waals surface area contributed by atoms with E-state index in [2.05, 4.69) is 42.2 Å². The predicted octanol–water partition coefficient (Wildman–Crippen LogP) is 1.47. The summed E-state index contributed by atoms with van der Waals surface area (Å²) in [6, 6.07) is 0. The second-order valence-electron chi connectivity index (χ2n) is 2.59. The van der Waals surface area contributed by atoms with E-state index in [9.17, 15) is 0 Å². The normalized spacial score (nSPS) is 17.6. The summed E-state index contributed by atoms with van der Waals surface area (Å²) >= 11 is 6.11. The van der Waals surface area contributed by atoms with E-state index >= 15 is 0 Å². The van der Waals surface area contributed by atoms with Gasteiger partial charge in [0.15, 0.2) is 0 Å². The highest BCUT2D eigenvalue weighted by Gasteiger charge is 2.06. The largest absolute Gasteiger partial charge is 0.411 e. The van der Waals surface area contributed by atoms with E-state index in [4.69, 9.17) is 19.9 Å². The van der Waals surface area contributed by atoms with Gasteiger partial charge in [-0.1, -0.05) is 42.2 Å². The molecule has 1 heterocycles. The average Bonchev–Trinajstić information content (AvgIpc) is 2.38. The Kier molecular flexibility index (Phi) is 11.2. The van der Waals surface area contributed by atoms with Gasteiger partial charge in [-0.15, -0.1) is 0 Å². The van der Waals surface area contributed by atoms with Crippen molar-refractivity contribution in [3.63, 3.8) is 0 Å². The first-order valence-electron chi connectivity index (χ1n) is 4.49. The second-order valence-corrected chi connectivity index (χ2v) is 3.71. The van der Waals surface area contributed by atoms with Crippen molar-refractivity contribution in [1.82, 2.24) is 0 Å². The number of nitrogens with zero attached hydrogens (tertiary/aromatic N) is 2. The van der Waals surface area contributed by atoms with Crippen molar-refractivity contribution in [2.24, 2.45) is 10.3 Å². The molecule has 0 bridgehead atoms. The van der Waals surface area contributed by atoms with Crippen LogP contribution in [-0.2, 0) is 9.47 Å². The highest BCUT2D eigenvalue weighted by atomic mass is 79.9. The van der Waals surface area contributed by atoms with Crippen molar-refractivity contribution < 1.29 is 19.9 Å². The van der Waals surface area contributed by atoms with Crippen LogP contribution in [0.25, 0.3) is 0 Å². The molecule has 0 amide bonds. The number of ether oxygens (including phenoxy) is 2. The zero-order chi connectivity index (χ0) is 12.2. The van der Waals surface area contributed by atoms with E-state index in [1.54, 1.807) is 0 Å². The van der Waals surface area contributed by atoms with Gasteiger partial charge >= 0.3 is 0 Å². The molecule has 16 heavy (non-hydrogen) atoms. The first-order chi connectivity index (χ1) is 7.79. The van der Waals surface area contributed by atoms with Gasteiger partial charge in [0, 0.05) is 0 Å². The Balaban J connectivity index is 0.000000315. The van der Waals surface area contributed by atoms with Crippen LogP contribution >= 0.6 is 31.9 Å². The van der Waals surface area contributed by atoms with Gasteiger partial charge in [0.05, 0.1) is 37.1 Å². The van der Waals surface area contributed by atoms with Gasteiger partial charge in [-0.25, -0.2) is 0 Å². The molecule has 94 valence electrons. The van der Waals surface area contributed by atoms with Gasteiger partial charge in [-0.2, -0.15) is 0 Å². The summed E-state index contributed by atoms with van der Waals surface area (Å²) < 4.78 is 9.89. The molecular formula is C8H14Br2N2O4. The van der Waals surface area contributed by atoms with Crippen LogP contribution in [0, 0.1) is 0 Å². The Bertz CT molecular complexity index is 203. The van der Waals surface area contributed by atoms with Crippen LogP contribution < -0.4 is 0 Å². The molecule has 0 unspecified atom stereocenters. The number of hydrogen-bond donors (Lipinski definition) is 2. The van der Waals surface area contributed by atoms with Crippen molar-refractivity contribution in [2.75, 3.05) is 37.1 Å². The fourth-order valence-electron chi connectivity index (χ4n) is 0.763. The molecule has 0 saturated carbocycles. The van der Waals surface area contributed by atoms with E-state index in [1.807, 2.05) is 0 Å². The smallest absolute Gasteiger partial charge is 0.116 e. The van der Waals surface area contributed by atoms with Crippen LogP contribution in [0.3, 0.4) is 0 Å². The summed E-state index contributed by atoms with van der Waals surface area (Å²) in [5, 5.41) is 23.1. The molecule has 8 heteroatoms. The fraction of sp³-hybridized carbons (Fsp3) is 0.750. The van der Waals surface area contributed by atoms with Crippen molar-refractivity contribution in [1.29, 1.82) is 0 Å². The maximum Gasteiger partial charge on any atom is 0.116 e. The number of alkyl halides is 2. The summed E-state index contributed by atoms with van der Waals surface area (Å²) in [5.74, 6) is 0. The molecule has 0 aromatic rings. The maximum absolute atomic E-state index is 8.30. The lowest BCUT2D eigenvalue weighted by Gasteiger charge is -2.09. The zero-order valence-corrected chi connectivity index (χ0v) is 11.8. The van der Waals surface area contributed by atoms with Gasteiger partial charge in [0.2, 0.25) is 0 Å². The lowest BCUT2D eigenvalue weighted by molar-refractivity contribution is -0.0334. The highest BCUT2D eigenvalue weighted by Crippen LogP contribution is 1.94. The highest BCUT2D eigenvalue weighted by molar-refractivity contribution is 9.10. The molecule has 1 fully saturated rings. The van der Waals surface area contributed by atoms with Crippen LogP contribution in [0.15, 0.2) is 10.3 Å². The Morgan fingerprint density at radius 1 is 0.875 bits per heavy atom. The third kappa shape index (κ3) is 7.15. The summed E-state index contributed by atoms with van der Waals surface area (Å²) in [6.45, 7) is 3.11. The third-order valence-electron chi connectivity index (χ3n) is 1.57. The van der Waals surface area contributed by atoms with E-state index in [1.165, 1.54) is 0 Å². The van der Waals surface area contributed by atoms with Crippen LogP contribution in [0.5, 0.6) is 0 Å². The Morgan fingerprint density at radius 3 is 1.31 bits per heavy atom. The summed E-state index contributed by atoms with van der Waals surface area (Å²) in [7, 11) is 0. The standard InChI is InChI=1S/C4H6Br2N2O2.C4H8O2/c5-1-3(7-9)4(2-6)8-10;1-2-6-4-3-5-1/h9-10H,1-2H2;1-4H2/b7-3-,8-4-;. The Morgan fingerprint density at radius 2 is 1.19 bits per heavy atom. The lowest BCUT2D eigenvalue weighted by atomic mass is 10.3. The molecule has 1 aliphatic rings. The van der Waals surface area contributed by atoms with Gasteiger partial charge in [0.1, 0.15) is 11.4 Å². The molecule has 6 nitrogen and oxygen atoms in total. The molecule has 0 aliphatic carbocycles. The van der Waals surface area contributed by atoms with Crippen molar-refractivity contribution in [3.8, 4) is 0 Å². The van der Waals surface area contributed by atoms with Crippen LogP contribution in [0.4, 0.5) is 0 Å². The van der Waals surface area contributed by atoms with Crippen LogP contribution in [-0.4, -0.2) is 58.9 Å². The first kappa shape index (κ1) is 15.8.